The summed E-state index contributed by atoms with van der Waals surface area (Å²) in [6.45, 7) is 0. The zero-order chi connectivity index (χ0) is 19.5. The van der Waals surface area contributed by atoms with E-state index in [1.165, 1.54) is 0 Å². The SMILES string of the molecule is COc1cccc([C@H]2OC(=O)N[C@@H]2c2cccc(-c3cccc(C#N)c3)c2)c1. The number of hydrogen-bond donors (Lipinski definition) is 1. The van der Waals surface area contributed by atoms with Gasteiger partial charge < -0.3 is 14.8 Å². The standard InChI is InChI=1S/C23H18N2O3/c1-27-20-10-4-9-19(13-20)22-21(25-23(26)28-22)18-8-3-7-17(12-18)16-6-2-5-15(11-16)14-24/h2-13,21-22H,1H3,(H,25,26)/t21-,22-/m1/s1. The van der Waals surface area contributed by atoms with E-state index in [-0.39, 0.29) is 6.04 Å². The maximum Gasteiger partial charge on any atom is 0.408 e. The molecule has 0 spiro atoms. The number of nitriles is 1. The molecule has 0 bridgehead atoms. The van der Waals surface area contributed by atoms with Gasteiger partial charge in [0.05, 0.1) is 24.8 Å². The van der Waals surface area contributed by atoms with Crippen LogP contribution in [0.5, 0.6) is 5.75 Å². The van der Waals surface area contributed by atoms with Gasteiger partial charge in [0.1, 0.15) is 5.75 Å². The van der Waals surface area contributed by atoms with Gasteiger partial charge in [0, 0.05) is 0 Å². The maximum absolute atomic E-state index is 12.0. The number of carbonyl (C=O) groups excluding carboxylic acids is 1. The molecule has 1 amide bonds. The summed E-state index contributed by atoms with van der Waals surface area (Å²) in [7, 11) is 1.61. The van der Waals surface area contributed by atoms with E-state index in [2.05, 4.69) is 11.4 Å². The predicted octanol–water partition coefficient (Wildman–Crippen LogP) is 4.76. The normalized spacial score (nSPS) is 18.1. The topological polar surface area (TPSA) is 71.3 Å². The van der Waals surface area contributed by atoms with Crippen molar-refractivity contribution in [3.05, 3.63) is 89.5 Å². The Labute approximate surface area is 163 Å². The Morgan fingerprint density at radius 2 is 1.68 bits per heavy atom. The molecule has 1 aliphatic heterocycles. The largest absolute Gasteiger partial charge is 0.497 e. The molecule has 0 saturated carbocycles. The van der Waals surface area contributed by atoms with Crippen LogP contribution < -0.4 is 10.1 Å². The zero-order valence-corrected chi connectivity index (χ0v) is 15.3. The van der Waals surface area contributed by atoms with Gasteiger partial charge >= 0.3 is 6.09 Å². The van der Waals surface area contributed by atoms with Crippen molar-refractivity contribution < 1.29 is 14.3 Å². The number of amides is 1. The first kappa shape index (κ1) is 17.6. The van der Waals surface area contributed by atoms with Crippen LogP contribution in [0.2, 0.25) is 0 Å². The van der Waals surface area contributed by atoms with Crippen molar-refractivity contribution in [2.24, 2.45) is 0 Å². The second-order valence-corrected chi connectivity index (χ2v) is 6.54. The highest BCUT2D eigenvalue weighted by atomic mass is 16.6. The van der Waals surface area contributed by atoms with Crippen molar-refractivity contribution >= 4 is 6.09 Å². The van der Waals surface area contributed by atoms with Crippen molar-refractivity contribution in [2.45, 2.75) is 12.1 Å². The molecule has 3 aromatic carbocycles. The fourth-order valence-corrected chi connectivity index (χ4v) is 3.44. The van der Waals surface area contributed by atoms with Gasteiger partial charge in [-0.1, -0.05) is 42.5 Å². The van der Waals surface area contributed by atoms with Crippen molar-refractivity contribution in [1.82, 2.24) is 5.32 Å². The van der Waals surface area contributed by atoms with E-state index in [4.69, 9.17) is 14.7 Å². The summed E-state index contributed by atoms with van der Waals surface area (Å²) in [6, 6.07) is 24.7. The number of nitrogens with zero attached hydrogens (tertiary/aromatic N) is 1. The van der Waals surface area contributed by atoms with Crippen LogP contribution in [-0.4, -0.2) is 13.2 Å². The third kappa shape index (κ3) is 3.40. The van der Waals surface area contributed by atoms with E-state index in [1.54, 1.807) is 13.2 Å². The summed E-state index contributed by atoms with van der Waals surface area (Å²) in [5.41, 5.74) is 4.32. The third-order valence-corrected chi connectivity index (χ3v) is 4.80. The highest BCUT2D eigenvalue weighted by Crippen LogP contribution is 2.38. The minimum absolute atomic E-state index is 0.321. The van der Waals surface area contributed by atoms with E-state index >= 15 is 0 Å². The van der Waals surface area contributed by atoms with Gasteiger partial charge in [-0.25, -0.2) is 4.79 Å². The summed E-state index contributed by atoms with van der Waals surface area (Å²) in [5.74, 6) is 0.710. The van der Waals surface area contributed by atoms with Crippen molar-refractivity contribution in [3.63, 3.8) is 0 Å². The van der Waals surface area contributed by atoms with Crippen LogP contribution in [0.15, 0.2) is 72.8 Å². The first-order valence-electron chi connectivity index (χ1n) is 8.89. The monoisotopic (exact) mass is 370 g/mol. The molecule has 1 aliphatic rings. The average Bonchev–Trinajstić information content (AvgIpc) is 3.15. The van der Waals surface area contributed by atoms with E-state index in [1.807, 2.05) is 66.7 Å². The first-order chi connectivity index (χ1) is 13.7. The number of carbonyl (C=O) groups is 1. The van der Waals surface area contributed by atoms with E-state index in [0.29, 0.717) is 11.3 Å². The number of methoxy groups -OCH3 is 1. The molecule has 4 rings (SSSR count). The molecule has 3 aromatic rings. The quantitative estimate of drug-likeness (QED) is 0.719. The van der Waals surface area contributed by atoms with Gasteiger partial charge in [-0.2, -0.15) is 5.26 Å². The van der Waals surface area contributed by atoms with Crippen LogP contribution >= 0.6 is 0 Å². The number of rotatable bonds is 4. The van der Waals surface area contributed by atoms with Gasteiger partial charge in [-0.05, 0) is 52.6 Å². The summed E-state index contributed by atoms with van der Waals surface area (Å²) in [6.07, 6.45) is -0.905. The minimum atomic E-state index is -0.455. The number of benzene rings is 3. The summed E-state index contributed by atoms with van der Waals surface area (Å²) in [4.78, 5) is 12.0. The number of alkyl carbamates (subject to hydrolysis) is 1. The van der Waals surface area contributed by atoms with Gasteiger partial charge in [-0.15, -0.1) is 0 Å². The highest BCUT2D eigenvalue weighted by Gasteiger charge is 2.36. The molecule has 1 N–H and O–H groups in total. The Balaban J connectivity index is 1.71. The van der Waals surface area contributed by atoms with Gasteiger partial charge in [0.25, 0.3) is 0 Å². The summed E-state index contributed by atoms with van der Waals surface area (Å²) in [5, 5.41) is 12.0. The maximum atomic E-state index is 12.0. The second-order valence-electron chi connectivity index (χ2n) is 6.54. The van der Waals surface area contributed by atoms with Gasteiger partial charge in [-0.3, -0.25) is 0 Å². The Bertz CT molecular complexity index is 1070. The molecular weight excluding hydrogens is 352 g/mol. The Hall–Kier alpha value is -3.78. The Kier molecular flexibility index (Phi) is 4.69. The van der Waals surface area contributed by atoms with Crippen LogP contribution in [0.25, 0.3) is 11.1 Å². The third-order valence-electron chi connectivity index (χ3n) is 4.80. The lowest BCUT2D eigenvalue weighted by atomic mass is 9.93. The molecule has 0 radical (unpaired) electrons. The fraction of sp³-hybridized carbons (Fsp3) is 0.130. The molecule has 138 valence electrons. The molecule has 1 heterocycles. The van der Waals surface area contributed by atoms with E-state index < -0.39 is 12.2 Å². The van der Waals surface area contributed by atoms with Gasteiger partial charge in [0.2, 0.25) is 0 Å². The Morgan fingerprint density at radius 3 is 2.46 bits per heavy atom. The van der Waals surface area contributed by atoms with Crippen molar-refractivity contribution in [2.75, 3.05) is 7.11 Å². The van der Waals surface area contributed by atoms with Crippen LogP contribution in [-0.2, 0) is 4.74 Å². The molecule has 2 atom stereocenters. The smallest absolute Gasteiger partial charge is 0.408 e. The Morgan fingerprint density at radius 1 is 0.964 bits per heavy atom. The highest BCUT2D eigenvalue weighted by molar-refractivity contribution is 5.72. The average molecular weight is 370 g/mol. The van der Waals surface area contributed by atoms with Crippen molar-refractivity contribution in [3.8, 4) is 22.9 Å². The molecule has 0 aromatic heterocycles. The number of nitrogens with one attached hydrogen (secondary N) is 1. The molecule has 1 fully saturated rings. The number of cyclic esters (lactones) is 1. The van der Waals surface area contributed by atoms with E-state index in [0.717, 1.165) is 22.3 Å². The van der Waals surface area contributed by atoms with E-state index in [9.17, 15) is 4.79 Å². The van der Waals surface area contributed by atoms with Crippen LogP contribution in [0, 0.1) is 11.3 Å². The lowest BCUT2D eigenvalue weighted by molar-refractivity contribution is 0.132. The fourth-order valence-electron chi connectivity index (χ4n) is 3.44. The zero-order valence-electron chi connectivity index (χ0n) is 15.3. The predicted molar refractivity (Wildman–Crippen MR) is 105 cm³/mol. The molecule has 0 unspecified atom stereocenters. The molecule has 5 nitrogen and oxygen atoms in total. The van der Waals surface area contributed by atoms with Crippen molar-refractivity contribution in [1.29, 1.82) is 5.26 Å². The van der Waals surface area contributed by atoms with Crippen LogP contribution in [0.4, 0.5) is 4.79 Å². The second kappa shape index (κ2) is 7.45. The minimum Gasteiger partial charge on any atom is -0.497 e. The number of ether oxygens (including phenoxy) is 2. The summed E-state index contributed by atoms with van der Waals surface area (Å²) < 4.78 is 10.8. The lowest BCUT2D eigenvalue weighted by Gasteiger charge is -2.19. The first-order valence-corrected chi connectivity index (χ1v) is 8.89. The molecule has 28 heavy (non-hydrogen) atoms. The van der Waals surface area contributed by atoms with Gasteiger partial charge in [0.15, 0.2) is 6.10 Å². The molecule has 5 heteroatoms. The lowest BCUT2D eigenvalue weighted by Crippen LogP contribution is -2.19. The molecular formula is C23H18N2O3. The van der Waals surface area contributed by atoms with Crippen LogP contribution in [0.1, 0.15) is 28.8 Å². The molecule has 1 saturated heterocycles. The number of hydrogen-bond acceptors (Lipinski definition) is 4. The van der Waals surface area contributed by atoms with Crippen LogP contribution in [0.3, 0.4) is 0 Å². The molecule has 0 aliphatic carbocycles. The summed E-state index contributed by atoms with van der Waals surface area (Å²) >= 11 is 0.